The summed E-state index contributed by atoms with van der Waals surface area (Å²) in [5, 5.41) is 0. The van der Waals surface area contributed by atoms with Crippen molar-refractivity contribution >= 4 is 5.91 Å². The average Bonchev–Trinajstić information content (AvgIpc) is 3.25. The Morgan fingerprint density at radius 2 is 1.77 bits per heavy atom. The van der Waals surface area contributed by atoms with Crippen LogP contribution in [0.5, 0.6) is 5.75 Å². The Bertz CT molecular complexity index is 1120. The molecule has 1 aliphatic rings. The van der Waals surface area contributed by atoms with Crippen LogP contribution in [0.2, 0.25) is 0 Å². The van der Waals surface area contributed by atoms with Gasteiger partial charge in [0, 0.05) is 49.9 Å². The third kappa shape index (κ3) is 6.29. The number of carbonyl (C=O) groups excluding carboxylic acids is 1. The number of likely N-dealkylation sites (tertiary alicyclic amines) is 1. The molecule has 2 unspecified atom stereocenters. The molecule has 1 amide bonds. The first-order chi connectivity index (χ1) is 16.9. The Kier molecular flexibility index (Phi) is 8.19. The number of nitrogens with zero attached hydrogens (tertiary/aromatic N) is 3. The normalized spacial score (nSPS) is 18.1. The van der Waals surface area contributed by atoms with Gasteiger partial charge in [-0.3, -0.25) is 14.7 Å². The van der Waals surface area contributed by atoms with E-state index in [-0.39, 0.29) is 11.8 Å². The van der Waals surface area contributed by atoms with Gasteiger partial charge in [0.25, 0.3) is 5.91 Å². The maximum atomic E-state index is 13.5. The Morgan fingerprint density at radius 1 is 1.03 bits per heavy atom. The fraction of sp³-hybridized carbons (Fsp3) is 0.400. The number of hydrogen-bond donors (Lipinski definition) is 0. The van der Waals surface area contributed by atoms with Crippen molar-refractivity contribution in [3.8, 4) is 5.75 Å². The van der Waals surface area contributed by atoms with Crippen molar-refractivity contribution in [3.05, 3.63) is 95.3 Å². The first kappa shape index (κ1) is 24.9. The molecular weight excluding hydrogens is 434 g/mol. The third-order valence-electron chi connectivity index (χ3n) is 6.74. The van der Waals surface area contributed by atoms with Crippen LogP contribution in [0.4, 0.5) is 0 Å². The molecule has 0 bridgehead atoms. The largest absolute Gasteiger partial charge is 0.496 e. The Morgan fingerprint density at radius 3 is 2.49 bits per heavy atom. The molecule has 0 aliphatic carbocycles. The van der Waals surface area contributed by atoms with Crippen molar-refractivity contribution < 1.29 is 9.53 Å². The molecule has 0 N–H and O–H groups in total. The van der Waals surface area contributed by atoms with E-state index < -0.39 is 0 Å². The van der Waals surface area contributed by atoms with E-state index in [2.05, 4.69) is 47.9 Å². The number of pyridine rings is 1. The van der Waals surface area contributed by atoms with Gasteiger partial charge < -0.3 is 9.64 Å². The molecule has 1 aromatic heterocycles. The van der Waals surface area contributed by atoms with Crippen molar-refractivity contribution in [1.29, 1.82) is 0 Å². The minimum Gasteiger partial charge on any atom is -0.496 e. The van der Waals surface area contributed by atoms with Gasteiger partial charge in [0.05, 0.1) is 12.8 Å². The van der Waals surface area contributed by atoms with E-state index in [1.54, 1.807) is 7.11 Å². The van der Waals surface area contributed by atoms with E-state index in [1.165, 1.54) is 5.56 Å². The lowest BCUT2D eigenvalue weighted by atomic mass is 9.87. The van der Waals surface area contributed by atoms with E-state index in [1.807, 2.05) is 55.5 Å². The van der Waals surface area contributed by atoms with E-state index in [4.69, 9.17) is 9.72 Å². The van der Waals surface area contributed by atoms with Crippen molar-refractivity contribution in [2.75, 3.05) is 33.3 Å². The van der Waals surface area contributed by atoms with Crippen molar-refractivity contribution in [2.24, 2.45) is 11.8 Å². The monoisotopic (exact) mass is 471 g/mol. The summed E-state index contributed by atoms with van der Waals surface area (Å²) >= 11 is 0. The highest BCUT2D eigenvalue weighted by Crippen LogP contribution is 2.38. The van der Waals surface area contributed by atoms with Crippen LogP contribution in [0, 0.1) is 18.8 Å². The number of methoxy groups -OCH3 is 1. The molecule has 2 atom stereocenters. The maximum Gasteiger partial charge on any atom is 0.253 e. The molecular formula is C30H37N3O2. The van der Waals surface area contributed by atoms with Crippen molar-refractivity contribution in [2.45, 2.75) is 33.2 Å². The topological polar surface area (TPSA) is 45.7 Å². The zero-order valence-corrected chi connectivity index (χ0v) is 21.4. The van der Waals surface area contributed by atoms with Crippen LogP contribution in [0.1, 0.15) is 47.1 Å². The quantitative estimate of drug-likeness (QED) is 0.418. The predicted molar refractivity (Wildman–Crippen MR) is 141 cm³/mol. The third-order valence-corrected chi connectivity index (χ3v) is 6.74. The van der Waals surface area contributed by atoms with Gasteiger partial charge in [0.15, 0.2) is 0 Å². The molecule has 0 spiro atoms. The number of aryl methyl sites for hydroxylation is 1. The van der Waals surface area contributed by atoms with Gasteiger partial charge in [-0.1, -0.05) is 56.3 Å². The number of hydrogen-bond acceptors (Lipinski definition) is 4. The number of rotatable bonds is 9. The van der Waals surface area contributed by atoms with E-state index >= 15 is 0 Å². The SMILES string of the molecule is COc1ccccc1C1CN(Cc2cccc(C)n2)CC1CN(CC(C)C)C(=O)c1ccccc1. The summed E-state index contributed by atoms with van der Waals surface area (Å²) in [5.41, 5.74) is 4.09. The van der Waals surface area contributed by atoms with Gasteiger partial charge in [-0.15, -0.1) is 0 Å². The van der Waals surface area contributed by atoms with Crippen LogP contribution in [-0.2, 0) is 6.54 Å². The number of para-hydroxylation sites is 1. The predicted octanol–water partition coefficient (Wildman–Crippen LogP) is 5.41. The Balaban J connectivity index is 1.61. The maximum absolute atomic E-state index is 13.5. The highest BCUT2D eigenvalue weighted by atomic mass is 16.5. The average molecular weight is 472 g/mol. The standard InChI is InChI=1S/C30H37N3O2/c1-22(2)17-33(30(34)24-12-6-5-7-13-24)19-25-18-32(20-26-14-10-11-23(3)31-26)21-28(25)27-15-8-9-16-29(27)35-4/h5-16,22,25,28H,17-21H2,1-4H3. The first-order valence-electron chi connectivity index (χ1n) is 12.6. The lowest BCUT2D eigenvalue weighted by Gasteiger charge is -2.30. The summed E-state index contributed by atoms with van der Waals surface area (Å²) in [6.07, 6.45) is 0. The number of aromatic nitrogens is 1. The molecule has 1 fully saturated rings. The molecule has 4 rings (SSSR count). The molecule has 5 heteroatoms. The van der Waals surface area contributed by atoms with Crippen LogP contribution < -0.4 is 4.74 Å². The lowest BCUT2D eigenvalue weighted by molar-refractivity contribution is 0.0703. The van der Waals surface area contributed by atoms with E-state index in [0.717, 1.165) is 48.9 Å². The van der Waals surface area contributed by atoms with Gasteiger partial charge in [0.1, 0.15) is 5.75 Å². The van der Waals surface area contributed by atoms with Gasteiger partial charge in [-0.2, -0.15) is 0 Å². The highest BCUT2D eigenvalue weighted by molar-refractivity contribution is 5.94. The summed E-state index contributed by atoms with van der Waals surface area (Å²) in [4.78, 5) is 22.8. The lowest BCUT2D eigenvalue weighted by Crippen LogP contribution is -2.39. The number of amides is 1. The molecule has 2 aromatic carbocycles. The van der Waals surface area contributed by atoms with Gasteiger partial charge >= 0.3 is 0 Å². The summed E-state index contributed by atoms with van der Waals surface area (Å²) in [5.74, 6) is 1.98. The molecule has 1 saturated heterocycles. The highest BCUT2D eigenvalue weighted by Gasteiger charge is 2.37. The fourth-order valence-electron chi connectivity index (χ4n) is 5.24. The zero-order chi connectivity index (χ0) is 24.8. The summed E-state index contributed by atoms with van der Waals surface area (Å²) in [6.45, 7) is 10.5. The molecule has 1 aliphatic heterocycles. The van der Waals surface area contributed by atoms with Crippen LogP contribution in [-0.4, -0.2) is 54.0 Å². The van der Waals surface area contributed by atoms with E-state index in [0.29, 0.717) is 18.4 Å². The zero-order valence-electron chi connectivity index (χ0n) is 21.4. The van der Waals surface area contributed by atoms with Crippen LogP contribution in [0.25, 0.3) is 0 Å². The number of benzene rings is 2. The second-order valence-electron chi connectivity index (χ2n) is 10.0. The summed E-state index contributed by atoms with van der Waals surface area (Å²) in [7, 11) is 1.74. The summed E-state index contributed by atoms with van der Waals surface area (Å²) in [6, 6.07) is 24.2. The van der Waals surface area contributed by atoms with Gasteiger partial charge in [-0.05, 0) is 54.7 Å². The minimum absolute atomic E-state index is 0.108. The molecule has 0 radical (unpaired) electrons. The second-order valence-corrected chi connectivity index (χ2v) is 10.0. The van der Waals surface area contributed by atoms with Crippen molar-refractivity contribution in [1.82, 2.24) is 14.8 Å². The van der Waals surface area contributed by atoms with Gasteiger partial charge in [0.2, 0.25) is 0 Å². The molecule has 184 valence electrons. The van der Waals surface area contributed by atoms with E-state index in [9.17, 15) is 4.79 Å². The van der Waals surface area contributed by atoms with Crippen LogP contribution in [0.15, 0.2) is 72.8 Å². The smallest absolute Gasteiger partial charge is 0.253 e. The fourth-order valence-corrected chi connectivity index (χ4v) is 5.24. The molecule has 0 saturated carbocycles. The molecule has 3 aromatic rings. The Labute approximate surface area is 209 Å². The molecule has 35 heavy (non-hydrogen) atoms. The van der Waals surface area contributed by atoms with Gasteiger partial charge in [-0.25, -0.2) is 0 Å². The van der Waals surface area contributed by atoms with Crippen molar-refractivity contribution in [3.63, 3.8) is 0 Å². The molecule has 2 heterocycles. The number of ether oxygens (including phenoxy) is 1. The minimum atomic E-state index is 0.108. The number of carbonyl (C=O) groups is 1. The summed E-state index contributed by atoms with van der Waals surface area (Å²) < 4.78 is 5.75. The van der Waals surface area contributed by atoms with Crippen LogP contribution >= 0.6 is 0 Å². The van der Waals surface area contributed by atoms with Crippen LogP contribution in [0.3, 0.4) is 0 Å². The first-order valence-corrected chi connectivity index (χ1v) is 12.6. The molecule has 5 nitrogen and oxygen atoms in total. The Hall–Kier alpha value is -3.18. The second kappa shape index (κ2) is 11.5.